The molecule has 3 N–H and O–H groups in total. The molecule has 0 saturated carbocycles. The fraction of sp³-hybridized carbons (Fsp3) is 0.261. The number of amides is 1. The van der Waals surface area contributed by atoms with E-state index in [1.54, 1.807) is 13.3 Å². The lowest BCUT2D eigenvalue weighted by atomic mass is 9.98. The van der Waals surface area contributed by atoms with Crippen LogP contribution in [0.5, 0.6) is 5.75 Å². The van der Waals surface area contributed by atoms with Gasteiger partial charge in [0.25, 0.3) is 0 Å². The number of hydrogen-bond acceptors (Lipinski definition) is 7. The van der Waals surface area contributed by atoms with Crippen LogP contribution in [0.3, 0.4) is 0 Å². The Balaban J connectivity index is 1.86. The lowest BCUT2D eigenvalue weighted by Gasteiger charge is -2.16. The van der Waals surface area contributed by atoms with E-state index in [9.17, 15) is 4.79 Å². The van der Waals surface area contributed by atoms with Crippen molar-refractivity contribution in [3.8, 4) is 16.9 Å². The quantitative estimate of drug-likeness (QED) is 0.463. The van der Waals surface area contributed by atoms with Crippen molar-refractivity contribution in [2.24, 2.45) is 5.73 Å². The normalized spacial score (nSPS) is 11.1. The molecule has 0 saturated heterocycles. The fourth-order valence-corrected chi connectivity index (χ4v) is 3.78. The Hall–Kier alpha value is -3.81. The Bertz CT molecular complexity index is 1250. The highest BCUT2D eigenvalue weighted by atomic mass is 16.5. The fourth-order valence-electron chi connectivity index (χ4n) is 3.78. The van der Waals surface area contributed by atoms with Gasteiger partial charge in [-0.05, 0) is 45.0 Å². The van der Waals surface area contributed by atoms with Gasteiger partial charge in [0.1, 0.15) is 23.0 Å². The maximum atomic E-state index is 11.6. The molecule has 0 aliphatic heterocycles. The number of ether oxygens (including phenoxy) is 1. The highest BCUT2D eigenvalue weighted by Gasteiger charge is 2.20. The van der Waals surface area contributed by atoms with Gasteiger partial charge in [-0.25, -0.2) is 0 Å². The molecule has 160 valence electrons. The van der Waals surface area contributed by atoms with Gasteiger partial charge in [-0.2, -0.15) is 0 Å². The van der Waals surface area contributed by atoms with Crippen LogP contribution in [-0.4, -0.2) is 23.2 Å². The number of furan rings is 1. The van der Waals surface area contributed by atoms with Gasteiger partial charge in [0.2, 0.25) is 5.91 Å². The van der Waals surface area contributed by atoms with Crippen molar-refractivity contribution >= 4 is 22.5 Å². The predicted molar refractivity (Wildman–Crippen MR) is 117 cm³/mol. The third kappa shape index (κ3) is 3.96. The molecule has 3 aromatic heterocycles. The number of carbonyl (C=O) groups is 1. The van der Waals surface area contributed by atoms with Crippen molar-refractivity contribution in [2.75, 3.05) is 12.4 Å². The molecule has 8 heteroatoms. The molecule has 31 heavy (non-hydrogen) atoms. The minimum atomic E-state index is -0.433. The lowest BCUT2D eigenvalue weighted by Crippen LogP contribution is -2.15. The first kappa shape index (κ1) is 20.5. The molecule has 1 amide bonds. The number of aromatic nitrogens is 2. The Kier molecular flexibility index (Phi) is 5.37. The van der Waals surface area contributed by atoms with Gasteiger partial charge in [0, 0.05) is 28.4 Å². The average molecular weight is 420 g/mol. The summed E-state index contributed by atoms with van der Waals surface area (Å²) in [5.74, 6) is 2.53. The van der Waals surface area contributed by atoms with E-state index in [1.807, 2.05) is 45.0 Å². The van der Waals surface area contributed by atoms with Crippen molar-refractivity contribution in [3.05, 3.63) is 59.0 Å². The molecule has 0 atom stereocenters. The Labute approximate surface area is 179 Å². The Morgan fingerprint density at radius 3 is 2.65 bits per heavy atom. The number of carbonyl (C=O) groups excluding carboxylic acids is 1. The molecule has 0 unspecified atom stereocenters. The van der Waals surface area contributed by atoms with Crippen molar-refractivity contribution in [1.82, 2.24) is 10.1 Å². The van der Waals surface area contributed by atoms with E-state index in [0.29, 0.717) is 23.6 Å². The highest BCUT2D eigenvalue weighted by Crippen LogP contribution is 2.39. The van der Waals surface area contributed by atoms with Crippen LogP contribution in [0.4, 0.5) is 5.69 Å². The molecule has 0 fully saturated rings. The number of fused-ring (bicyclic) bond motifs is 1. The third-order valence-electron chi connectivity index (χ3n) is 5.17. The largest absolute Gasteiger partial charge is 0.496 e. The molecule has 1 aromatic carbocycles. The second-order valence-electron chi connectivity index (χ2n) is 7.44. The van der Waals surface area contributed by atoms with Crippen LogP contribution in [0.25, 0.3) is 22.0 Å². The number of pyridine rings is 1. The predicted octanol–water partition coefficient (Wildman–Crippen LogP) is 4.06. The first-order chi connectivity index (χ1) is 14.9. The number of anilines is 1. The van der Waals surface area contributed by atoms with Gasteiger partial charge in [-0.1, -0.05) is 5.16 Å². The van der Waals surface area contributed by atoms with Gasteiger partial charge in [-0.3, -0.25) is 9.78 Å². The molecule has 8 nitrogen and oxygen atoms in total. The first-order valence-electron chi connectivity index (χ1n) is 9.87. The van der Waals surface area contributed by atoms with Crippen LogP contribution < -0.4 is 15.8 Å². The van der Waals surface area contributed by atoms with E-state index in [2.05, 4.69) is 15.5 Å². The summed E-state index contributed by atoms with van der Waals surface area (Å²) in [6, 6.07) is 7.67. The smallest absolute Gasteiger partial charge is 0.221 e. The molecule has 0 spiro atoms. The summed E-state index contributed by atoms with van der Waals surface area (Å²) in [5, 5.41) is 8.26. The molecular weight excluding hydrogens is 396 g/mol. The van der Waals surface area contributed by atoms with Gasteiger partial charge < -0.3 is 24.7 Å². The highest BCUT2D eigenvalue weighted by molar-refractivity contribution is 5.98. The van der Waals surface area contributed by atoms with Crippen LogP contribution in [0.2, 0.25) is 0 Å². The number of primary amides is 1. The van der Waals surface area contributed by atoms with Crippen molar-refractivity contribution in [2.45, 2.75) is 33.7 Å². The van der Waals surface area contributed by atoms with E-state index in [1.165, 1.54) is 0 Å². The zero-order valence-electron chi connectivity index (χ0n) is 17.9. The second-order valence-corrected chi connectivity index (χ2v) is 7.44. The monoisotopic (exact) mass is 420 g/mol. The standard InChI is InChI=1S/C23H24N4O4/c1-12-5-6-16(30-12)11-26-23-15(7-21(24)28)10-25-19-8-18(20(29-4)9-17(19)23)22-13(2)27-31-14(22)3/h5-6,8-10H,7,11H2,1-4H3,(H2,24,28)(H,25,26). The number of nitrogens with zero attached hydrogens (tertiary/aromatic N) is 2. The van der Waals surface area contributed by atoms with Crippen LogP contribution in [0.15, 0.2) is 39.4 Å². The molecule has 3 heterocycles. The van der Waals surface area contributed by atoms with Crippen LogP contribution in [0.1, 0.15) is 28.5 Å². The maximum absolute atomic E-state index is 11.6. The second kappa shape index (κ2) is 8.14. The SMILES string of the molecule is COc1cc2c(NCc3ccc(C)o3)c(CC(N)=O)cnc2cc1-c1c(C)noc1C. The zero-order valence-corrected chi connectivity index (χ0v) is 17.9. The zero-order chi connectivity index (χ0) is 22.1. The van der Waals surface area contributed by atoms with E-state index in [4.69, 9.17) is 19.4 Å². The van der Waals surface area contributed by atoms with E-state index >= 15 is 0 Å². The summed E-state index contributed by atoms with van der Waals surface area (Å²) in [7, 11) is 1.61. The van der Waals surface area contributed by atoms with E-state index in [0.717, 1.165) is 44.9 Å². The van der Waals surface area contributed by atoms with Crippen molar-refractivity contribution < 1.29 is 18.5 Å². The van der Waals surface area contributed by atoms with Gasteiger partial charge in [-0.15, -0.1) is 0 Å². The number of rotatable bonds is 7. The number of nitrogens with two attached hydrogens (primary N) is 1. The summed E-state index contributed by atoms with van der Waals surface area (Å²) >= 11 is 0. The number of aryl methyl sites for hydroxylation is 3. The molecule has 0 radical (unpaired) electrons. The van der Waals surface area contributed by atoms with Gasteiger partial charge >= 0.3 is 0 Å². The molecule has 4 rings (SSSR count). The summed E-state index contributed by atoms with van der Waals surface area (Å²) in [4.78, 5) is 16.2. The molecule has 4 aromatic rings. The summed E-state index contributed by atoms with van der Waals surface area (Å²) < 4.78 is 16.7. The number of hydrogen-bond donors (Lipinski definition) is 2. The summed E-state index contributed by atoms with van der Waals surface area (Å²) in [6.07, 6.45) is 1.74. The molecule has 0 aliphatic rings. The average Bonchev–Trinajstić information content (AvgIpc) is 3.30. The number of benzene rings is 1. The molecule has 0 aliphatic carbocycles. The van der Waals surface area contributed by atoms with E-state index < -0.39 is 5.91 Å². The van der Waals surface area contributed by atoms with Crippen LogP contribution in [-0.2, 0) is 17.8 Å². The lowest BCUT2D eigenvalue weighted by molar-refractivity contribution is -0.117. The van der Waals surface area contributed by atoms with Gasteiger partial charge in [0.05, 0.1) is 36.8 Å². The Morgan fingerprint density at radius 2 is 2.03 bits per heavy atom. The number of methoxy groups -OCH3 is 1. The topological polar surface area (TPSA) is 116 Å². The Morgan fingerprint density at radius 1 is 1.23 bits per heavy atom. The van der Waals surface area contributed by atoms with E-state index in [-0.39, 0.29) is 6.42 Å². The summed E-state index contributed by atoms with van der Waals surface area (Å²) in [6.45, 7) is 6.09. The van der Waals surface area contributed by atoms with Gasteiger partial charge in [0.15, 0.2) is 0 Å². The van der Waals surface area contributed by atoms with Crippen LogP contribution >= 0.6 is 0 Å². The third-order valence-corrected chi connectivity index (χ3v) is 5.17. The van der Waals surface area contributed by atoms with Crippen molar-refractivity contribution in [3.63, 3.8) is 0 Å². The van der Waals surface area contributed by atoms with Crippen LogP contribution in [0, 0.1) is 20.8 Å². The molecular formula is C23H24N4O4. The van der Waals surface area contributed by atoms with Crippen molar-refractivity contribution in [1.29, 1.82) is 0 Å². The maximum Gasteiger partial charge on any atom is 0.221 e. The number of nitrogens with one attached hydrogen (secondary N) is 1. The summed E-state index contributed by atoms with van der Waals surface area (Å²) in [5.41, 5.74) is 10.2. The molecule has 0 bridgehead atoms. The minimum absolute atomic E-state index is 0.0659. The first-order valence-corrected chi connectivity index (χ1v) is 9.87. The minimum Gasteiger partial charge on any atom is -0.496 e.